The molecule has 0 aromatic heterocycles. The van der Waals surface area contributed by atoms with Crippen LogP contribution in [0.5, 0.6) is 0 Å². The van der Waals surface area contributed by atoms with Gasteiger partial charge in [0, 0.05) is 29.3 Å². The molecule has 0 fully saturated rings. The van der Waals surface area contributed by atoms with E-state index in [1.807, 2.05) is 32.6 Å². The Balaban J connectivity index is 3.27. The van der Waals surface area contributed by atoms with E-state index in [1.165, 1.54) is 6.07 Å². The monoisotopic (exact) mass is 292 g/mol. The number of carbonyl (C=O) groups is 1. The third kappa shape index (κ3) is 3.60. The number of carbonyl (C=O) groups excluding carboxylic acids is 1. The van der Waals surface area contributed by atoms with Gasteiger partial charge in [-0.1, -0.05) is 19.9 Å². The first kappa shape index (κ1) is 17.1. The lowest BCUT2D eigenvalue weighted by Gasteiger charge is -2.34. The molecule has 5 nitrogen and oxygen atoms in total. The normalized spacial score (nSPS) is 13.6. The average Bonchev–Trinajstić information content (AvgIpc) is 2.46. The van der Waals surface area contributed by atoms with Gasteiger partial charge in [0.05, 0.1) is 4.92 Å². The Morgan fingerprint density at radius 3 is 2.19 bits per heavy atom. The number of nitrogens with zero attached hydrogens (tertiary/aromatic N) is 2. The van der Waals surface area contributed by atoms with Crippen LogP contribution < -0.4 is 0 Å². The van der Waals surface area contributed by atoms with Crippen molar-refractivity contribution in [1.29, 1.82) is 0 Å². The molecule has 2 atom stereocenters. The van der Waals surface area contributed by atoms with Gasteiger partial charge in [-0.25, -0.2) is 0 Å². The van der Waals surface area contributed by atoms with Crippen LogP contribution in [0.1, 0.15) is 56.5 Å². The summed E-state index contributed by atoms with van der Waals surface area (Å²) in [5.74, 6) is -0.125. The van der Waals surface area contributed by atoms with Crippen LogP contribution in [-0.4, -0.2) is 27.8 Å². The number of nitro groups is 1. The first-order chi connectivity index (χ1) is 9.84. The molecule has 1 aromatic rings. The van der Waals surface area contributed by atoms with Gasteiger partial charge in [-0.3, -0.25) is 14.9 Å². The fourth-order valence-corrected chi connectivity index (χ4v) is 2.42. The van der Waals surface area contributed by atoms with E-state index in [2.05, 4.69) is 0 Å². The van der Waals surface area contributed by atoms with Crippen molar-refractivity contribution in [1.82, 2.24) is 4.90 Å². The van der Waals surface area contributed by atoms with Gasteiger partial charge in [0.1, 0.15) is 0 Å². The molecule has 2 unspecified atom stereocenters. The van der Waals surface area contributed by atoms with Crippen LogP contribution >= 0.6 is 0 Å². The van der Waals surface area contributed by atoms with Crippen molar-refractivity contribution in [2.24, 2.45) is 0 Å². The summed E-state index contributed by atoms with van der Waals surface area (Å²) in [6, 6.07) is 4.88. The molecule has 21 heavy (non-hydrogen) atoms. The molecule has 0 radical (unpaired) electrons. The van der Waals surface area contributed by atoms with Gasteiger partial charge in [-0.15, -0.1) is 0 Å². The summed E-state index contributed by atoms with van der Waals surface area (Å²) in [6.45, 7) is 9.73. The van der Waals surface area contributed by atoms with Crippen LogP contribution in [-0.2, 0) is 0 Å². The van der Waals surface area contributed by atoms with E-state index in [-0.39, 0.29) is 23.7 Å². The van der Waals surface area contributed by atoms with Crippen molar-refractivity contribution in [3.05, 3.63) is 39.4 Å². The molecule has 0 spiro atoms. The van der Waals surface area contributed by atoms with Crippen LogP contribution in [0.4, 0.5) is 5.69 Å². The number of benzene rings is 1. The molecule has 0 N–H and O–H groups in total. The minimum atomic E-state index is -0.442. The highest BCUT2D eigenvalue weighted by atomic mass is 16.6. The summed E-state index contributed by atoms with van der Waals surface area (Å²) < 4.78 is 0. The molecule has 0 saturated carbocycles. The van der Waals surface area contributed by atoms with Crippen LogP contribution in [0.3, 0.4) is 0 Å². The Kier molecular flexibility index (Phi) is 5.88. The number of rotatable bonds is 6. The van der Waals surface area contributed by atoms with Gasteiger partial charge >= 0.3 is 0 Å². The molecule has 5 heteroatoms. The van der Waals surface area contributed by atoms with Crippen molar-refractivity contribution in [2.45, 2.75) is 59.5 Å². The van der Waals surface area contributed by atoms with Crippen molar-refractivity contribution < 1.29 is 9.72 Å². The Bertz CT molecular complexity index is 518. The smallest absolute Gasteiger partial charge is 0.273 e. The summed E-state index contributed by atoms with van der Waals surface area (Å²) in [5, 5.41) is 11.0. The zero-order valence-corrected chi connectivity index (χ0v) is 13.4. The third-order valence-corrected chi connectivity index (χ3v) is 4.10. The van der Waals surface area contributed by atoms with E-state index in [0.29, 0.717) is 11.1 Å². The van der Waals surface area contributed by atoms with Crippen LogP contribution in [0.25, 0.3) is 0 Å². The van der Waals surface area contributed by atoms with E-state index in [9.17, 15) is 14.9 Å². The number of hydrogen-bond donors (Lipinski definition) is 0. The molecular formula is C16H24N2O3. The predicted octanol–water partition coefficient (Wildman–Crippen LogP) is 3.94. The highest BCUT2D eigenvalue weighted by Gasteiger charge is 2.27. The van der Waals surface area contributed by atoms with Crippen LogP contribution in [0.15, 0.2) is 18.2 Å². The summed E-state index contributed by atoms with van der Waals surface area (Å²) >= 11 is 0. The minimum absolute atomic E-state index is 0.00546. The van der Waals surface area contributed by atoms with Crippen LogP contribution in [0.2, 0.25) is 0 Å². The summed E-state index contributed by atoms with van der Waals surface area (Å²) in [7, 11) is 0. The number of nitro benzene ring substituents is 1. The van der Waals surface area contributed by atoms with E-state index in [1.54, 1.807) is 19.1 Å². The van der Waals surface area contributed by atoms with Crippen molar-refractivity contribution in [3.8, 4) is 0 Å². The molecule has 0 aliphatic heterocycles. The van der Waals surface area contributed by atoms with Crippen molar-refractivity contribution >= 4 is 11.6 Å². The Hall–Kier alpha value is -1.91. The summed E-state index contributed by atoms with van der Waals surface area (Å²) in [4.78, 5) is 25.3. The predicted molar refractivity (Wildman–Crippen MR) is 83.5 cm³/mol. The van der Waals surface area contributed by atoms with E-state index >= 15 is 0 Å². The Labute approximate surface area is 126 Å². The topological polar surface area (TPSA) is 63.5 Å². The lowest BCUT2D eigenvalue weighted by Crippen LogP contribution is -2.44. The quantitative estimate of drug-likeness (QED) is 0.589. The van der Waals surface area contributed by atoms with Gasteiger partial charge < -0.3 is 4.90 Å². The Morgan fingerprint density at radius 2 is 1.76 bits per heavy atom. The standard InChI is InChI=1S/C16H24N2O3/c1-6-11(3)17(12(4)7-2)16(19)14-9-8-10-15(13(14)5)18(20)21/h8-12H,6-7H2,1-5H3. The Morgan fingerprint density at radius 1 is 1.24 bits per heavy atom. The highest BCUT2D eigenvalue weighted by Crippen LogP contribution is 2.24. The van der Waals surface area contributed by atoms with E-state index < -0.39 is 4.92 Å². The molecule has 116 valence electrons. The van der Waals surface area contributed by atoms with Gasteiger partial charge in [0.25, 0.3) is 11.6 Å². The fraction of sp³-hybridized carbons (Fsp3) is 0.562. The second kappa shape index (κ2) is 7.20. The minimum Gasteiger partial charge on any atom is -0.333 e. The van der Waals surface area contributed by atoms with E-state index in [4.69, 9.17) is 0 Å². The lowest BCUT2D eigenvalue weighted by atomic mass is 10.0. The molecule has 0 aliphatic carbocycles. The lowest BCUT2D eigenvalue weighted by molar-refractivity contribution is -0.385. The maximum Gasteiger partial charge on any atom is 0.273 e. The number of amides is 1. The third-order valence-electron chi connectivity index (χ3n) is 4.10. The summed E-state index contributed by atoms with van der Waals surface area (Å²) in [5.41, 5.74) is 0.850. The van der Waals surface area contributed by atoms with Crippen LogP contribution in [0, 0.1) is 17.0 Å². The molecule has 0 heterocycles. The summed E-state index contributed by atoms with van der Waals surface area (Å²) in [6.07, 6.45) is 1.70. The molecule has 1 aromatic carbocycles. The maximum atomic E-state index is 12.8. The average molecular weight is 292 g/mol. The second-order valence-electron chi connectivity index (χ2n) is 5.43. The second-order valence-corrected chi connectivity index (χ2v) is 5.43. The largest absolute Gasteiger partial charge is 0.333 e. The van der Waals surface area contributed by atoms with E-state index in [0.717, 1.165) is 12.8 Å². The molecule has 1 rings (SSSR count). The van der Waals surface area contributed by atoms with Gasteiger partial charge in [0.2, 0.25) is 0 Å². The molecular weight excluding hydrogens is 268 g/mol. The van der Waals surface area contributed by atoms with Crippen molar-refractivity contribution in [3.63, 3.8) is 0 Å². The zero-order valence-electron chi connectivity index (χ0n) is 13.4. The molecule has 0 saturated heterocycles. The SMILES string of the molecule is CCC(C)N(C(=O)c1cccc([N+](=O)[O-])c1C)C(C)CC. The van der Waals surface area contributed by atoms with Gasteiger partial charge in [-0.2, -0.15) is 0 Å². The molecule has 1 amide bonds. The van der Waals surface area contributed by atoms with Gasteiger partial charge in [-0.05, 0) is 39.7 Å². The molecule has 0 aliphatic rings. The first-order valence-corrected chi connectivity index (χ1v) is 7.41. The first-order valence-electron chi connectivity index (χ1n) is 7.41. The zero-order chi connectivity index (χ0) is 16.2. The maximum absolute atomic E-state index is 12.8. The fourth-order valence-electron chi connectivity index (χ4n) is 2.42. The van der Waals surface area contributed by atoms with Crippen molar-refractivity contribution in [2.75, 3.05) is 0 Å². The highest BCUT2D eigenvalue weighted by molar-refractivity contribution is 5.97. The van der Waals surface area contributed by atoms with Gasteiger partial charge in [0.15, 0.2) is 0 Å². The number of hydrogen-bond acceptors (Lipinski definition) is 3. The molecule has 0 bridgehead atoms.